The molecule has 0 bridgehead atoms. The molecule has 1 fully saturated rings. The predicted octanol–water partition coefficient (Wildman–Crippen LogP) is 2.10. The molecule has 3 heteroatoms. The average molecular weight is 256 g/mol. The minimum Gasteiger partial charge on any atom is -0.395 e. The number of rotatable bonds is 7. The first-order valence-corrected chi connectivity index (χ1v) is 7.50. The highest BCUT2D eigenvalue weighted by atomic mass is 16.3. The Kier molecular flexibility index (Phi) is 6.61. The van der Waals surface area contributed by atoms with Crippen LogP contribution in [0.5, 0.6) is 0 Å². The lowest BCUT2D eigenvalue weighted by Crippen LogP contribution is -2.47. The molecule has 0 aromatic carbocycles. The zero-order valence-electron chi connectivity index (χ0n) is 12.7. The largest absolute Gasteiger partial charge is 0.395 e. The molecule has 0 aromatic rings. The van der Waals surface area contributed by atoms with Crippen molar-refractivity contribution in [3.8, 4) is 0 Å². The Hall–Kier alpha value is -0.120. The fourth-order valence-corrected chi connectivity index (χ4v) is 3.01. The molecule has 0 saturated heterocycles. The molecule has 0 atom stereocenters. The van der Waals surface area contributed by atoms with Crippen LogP contribution in [0, 0.1) is 11.3 Å². The molecule has 108 valence electrons. The van der Waals surface area contributed by atoms with Crippen LogP contribution in [0.3, 0.4) is 0 Å². The Balaban J connectivity index is 2.56. The highest BCUT2D eigenvalue weighted by Gasteiger charge is 2.34. The summed E-state index contributed by atoms with van der Waals surface area (Å²) in [5.41, 5.74) is 0.417. The van der Waals surface area contributed by atoms with E-state index in [0.717, 1.165) is 25.6 Å². The lowest BCUT2D eigenvalue weighted by Gasteiger charge is -2.42. The third kappa shape index (κ3) is 5.25. The van der Waals surface area contributed by atoms with Gasteiger partial charge in [0, 0.05) is 25.7 Å². The van der Waals surface area contributed by atoms with E-state index < -0.39 is 0 Å². The van der Waals surface area contributed by atoms with Gasteiger partial charge in [-0.05, 0) is 31.2 Å². The van der Waals surface area contributed by atoms with Gasteiger partial charge in [-0.25, -0.2) is 0 Å². The van der Waals surface area contributed by atoms with E-state index in [9.17, 15) is 0 Å². The third-order valence-electron chi connectivity index (χ3n) is 4.31. The van der Waals surface area contributed by atoms with Gasteiger partial charge in [0.2, 0.25) is 0 Å². The van der Waals surface area contributed by atoms with Crippen molar-refractivity contribution in [1.29, 1.82) is 0 Å². The van der Waals surface area contributed by atoms with Crippen LogP contribution in [0.25, 0.3) is 0 Å². The van der Waals surface area contributed by atoms with Crippen LogP contribution in [0.15, 0.2) is 0 Å². The molecule has 0 radical (unpaired) electrons. The van der Waals surface area contributed by atoms with Crippen molar-refractivity contribution < 1.29 is 5.11 Å². The zero-order valence-corrected chi connectivity index (χ0v) is 12.7. The van der Waals surface area contributed by atoms with Gasteiger partial charge in [-0.3, -0.25) is 0 Å². The average Bonchev–Trinajstić information content (AvgIpc) is 2.31. The van der Waals surface area contributed by atoms with Crippen molar-refractivity contribution >= 4 is 0 Å². The summed E-state index contributed by atoms with van der Waals surface area (Å²) in [6, 6.07) is 0.560. The second-order valence-corrected chi connectivity index (χ2v) is 6.68. The van der Waals surface area contributed by atoms with Gasteiger partial charge in [0.15, 0.2) is 0 Å². The number of likely N-dealkylation sites (N-methyl/N-ethyl adjacent to an activating group) is 1. The molecule has 0 unspecified atom stereocenters. The van der Waals surface area contributed by atoms with Gasteiger partial charge in [0.05, 0.1) is 6.61 Å². The molecule has 0 heterocycles. The van der Waals surface area contributed by atoms with Crippen molar-refractivity contribution in [1.82, 2.24) is 10.2 Å². The first-order chi connectivity index (χ1) is 8.47. The van der Waals surface area contributed by atoms with Crippen LogP contribution in [0.2, 0.25) is 0 Å². The molecule has 18 heavy (non-hydrogen) atoms. The molecule has 0 amide bonds. The molecular formula is C15H32N2O. The summed E-state index contributed by atoms with van der Waals surface area (Å²) in [5.74, 6) is 0.889. The quantitative estimate of drug-likeness (QED) is 0.732. The highest BCUT2D eigenvalue weighted by Crippen LogP contribution is 2.39. The molecule has 1 aliphatic carbocycles. The monoisotopic (exact) mass is 256 g/mol. The van der Waals surface area contributed by atoms with Crippen molar-refractivity contribution in [2.45, 2.75) is 52.5 Å². The van der Waals surface area contributed by atoms with Crippen LogP contribution >= 0.6 is 0 Å². The summed E-state index contributed by atoms with van der Waals surface area (Å²) >= 11 is 0. The van der Waals surface area contributed by atoms with E-state index in [0.29, 0.717) is 11.5 Å². The third-order valence-corrected chi connectivity index (χ3v) is 4.31. The van der Waals surface area contributed by atoms with Gasteiger partial charge in [-0.2, -0.15) is 0 Å². The molecule has 3 nitrogen and oxygen atoms in total. The lowest BCUT2D eigenvalue weighted by atomic mass is 9.70. The second-order valence-electron chi connectivity index (χ2n) is 6.68. The Morgan fingerprint density at radius 3 is 2.44 bits per heavy atom. The first kappa shape index (κ1) is 15.9. The maximum absolute atomic E-state index is 9.05. The molecular weight excluding hydrogens is 224 g/mol. The molecule has 2 N–H and O–H groups in total. The van der Waals surface area contributed by atoms with Crippen molar-refractivity contribution in [2.24, 2.45) is 11.3 Å². The van der Waals surface area contributed by atoms with Crippen LogP contribution in [0.4, 0.5) is 0 Å². The molecule has 1 saturated carbocycles. The molecule has 0 aromatic heterocycles. The Morgan fingerprint density at radius 2 is 1.94 bits per heavy atom. The zero-order chi connectivity index (χ0) is 13.6. The summed E-state index contributed by atoms with van der Waals surface area (Å²) in [7, 11) is 2.13. The fraction of sp³-hybridized carbons (Fsp3) is 1.00. The summed E-state index contributed by atoms with van der Waals surface area (Å²) in [4.78, 5) is 2.29. The number of hydrogen-bond acceptors (Lipinski definition) is 3. The van der Waals surface area contributed by atoms with Crippen LogP contribution in [0.1, 0.15) is 46.5 Å². The summed E-state index contributed by atoms with van der Waals surface area (Å²) in [6.07, 6.45) is 5.35. The van der Waals surface area contributed by atoms with Crippen LogP contribution < -0.4 is 5.32 Å². The normalized spacial score (nSPS) is 29.2. The smallest absolute Gasteiger partial charge is 0.0558 e. The van der Waals surface area contributed by atoms with Crippen molar-refractivity contribution in [3.05, 3.63) is 0 Å². The van der Waals surface area contributed by atoms with Crippen LogP contribution in [-0.4, -0.2) is 49.3 Å². The SMILES string of the molecule is CC1CCC(CNC(C)C)(CN(C)CCO)CC1. The summed E-state index contributed by atoms with van der Waals surface area (Å²) in [6.45, 7) is 10.1. The van der Waals surface area contributed by atoms with E-state index in [1.54, 1.807) is 0 Å². The van der Waals surface area contributed by atoms with Gasteiger partial charge in [-0.15, -0.1) is 0 Å². The van der Waals surface area contributed by atoms with E-state index in [4.69, 9.17) is 5.11 Å². The van der Waals surface area contributed by atoms with Gasteiger partial charge in [0.1, 0.15) is 0 Å². The molecule has 1 aliphatic rings. The van der Waals surface area contributed by atoms with Crippen molar-refractivity contribution in [2.75, 3.05) is 33.3 Å². The van der Waals surface area contributed by atoms with E-state index in [2.05, 4.69) is 38.0 Å². The van der Waals surface area contributed by atoms with E-state index in [1.807, 2.05) is 0 Å². The van der Waals surface area contributed by atoms with Crippen molar-refractivity contribution in [3.63, 3.8) is 0 Å². The van der Waals surface area contributed by atoms with Crippen LogP contribution in [-0.2, 0) is 0 Å². The second kappa shape index (κ2) is 7.46. The Bertz CT molecular complexity index is 223. The lowest BCUT2D eigenvalue weighted by molar-refractivity contribution is 0.0876. The van der Waals surface area contributed by atoms with Gasteiger partial charge >= 0.3 is 0 Å². The Morgan fingerprint density at radius 1 is 1.33 bits per heavy atom. The molecule has 0 aliphatic heterocycles. The highest BCUT2D eigenvalue weighted by molar-refractivity contribution is 4.89. The number of hydrogen-bond donors (Lipinski definition) is 2. The van der Waals surface area contributed by atoms with E-state index >= 15 is 0 Å². The summed E-state index contributed by atoms with van der Waals surface area (Å²) < 4.78 is 0. The Labute approximate surface area is 113 Å². The first-order valence-electron chi connectivity index (χ1n) is 7.50. The molecule has 1 rings (SSSR count). The minimum atomic E-state index is 0.264. The maximum atomic E-state index is 9.05. The minimum absolute atomic E-state index is 0.264. The number of nitrogens with zero attached hydrogens (tertiary/aromatic N) is 1. The fourth-order valence-electron chi connectivity index (χ4n) is 3.01. The van der Waals surface area contributed by atoms with E-state index in [-0.39, 0.29) is 6.61 Å². The maximum Gasteiger partial charge on any atom is 0.0558 e. The number of nitrogens with one attached hydrogen (secondary N) is 1. The number of aliphatic hydroxyl groups excluding tert-OH is 1. The summed E-state index contributed by atoms with van der Waals surface area (Å²) in [5, 5.41) is 12.7. The standard InChI is InChI=1S/C15H32N2O/c1-13(2)16-11-15(12-17(4)9-10-18)7-5-14(3)6-8-15/h13-14,16,18H,5-12H2,1-4H3. The number of aliphatic hydroxyl groups is 1. The van der Waals surface area contributed by atoms with Gasteiger partial charge < -0.3 is 15.3 Å². The van der Waals surface area contributed by atoms with Gasteiger partial charge in [0.25, 0.3) is 0 Å². The van der Waals surface area contributed by atoms with Gasteiger partial charge in [-0.1, -0.05) is 33.6 Å². The predicted molar refractivity (Wildman–Crippen MR) is 77.8 cm³/mol. The molecule has 0 spiro atoms. The van der Waals surface area contributed by atoms with E-state index in [1.165, 1.54) is 25.7 Å². The topological polar surface area (TPSA) is 35.5 Å².